The highest BCUT2D eigenvalue weighted by molar-refractivity contribution is 5.76. The van der Waals surface area contributed by atoms with E-state index in [9.17, 15) is 0 Å². The standard InChI is InChI=1S/C19H23N3O2/c1-14(2)23-10-9-20-12-15-3-5-16(6-4-15)24-17-7-8-18-19(11-17)22-13-21-18/h3-8,11,13-14,20H,9-10,12H2,1-2H3,(H,21,22). The first-order valence-corrected chi connectivity index (χ1v) is 8.23. The summed E-state index contributed by atoms with van der Waals surface area (Å²) in [7, 11) is 0. The first-order chi connectivity index (χ1) is 11.7. The normalized spacial score (nSPS) is 11.3. The number of ether oxygens (including phenoxy) is 2. The summed E-state index contributed by atoms with van der Waals surface area (Å²) in [6.07, 6.45) is 1.96. The molecule has 1 heterocycles. The van der Waals surface area contributed by atoms with Crippen LogP contribution in [0.2, 0.25) is 0 Å². The lowest BCUT2D eigenvalue weighted by Gasteiger charge is -2.09. The van der Waals surface area contributed by atoms with Crippen molar-refractivity contribution in [1.29, 1.82) is 0 Å². The van der Waals surface area contributed by atoms with Gasteiger partial charge in [0.25, 0.3) is 0 Å². The van der Waals surface area contributed by atoms with Crippen molar-refractivity contribution < 1.29 is 9.47 Å². The lowest BCUT2D eigenvalue weighted by atomic mass is 10.2. The van der Waals surface area contributed by atoms with Gasteiger partial charge in [-0.15, -0.1) is 0 Å². The van der Waals surface area contributed by atoms with Crippen LogP contribution in [0, 0.1) is 0 Å². The van der Waals surface area contributed by atoms with Gasteiger partial charge >= 0.3 is 0 Å². The van der Waals surface area contributed by atoms with Crippen LogP contribution in [0.4, 0.5) is 0 Å². The van der Waals surface area contributed by atoms with Crippen LogP contribution in [0.25, 0.3) is 11.0 Å². The Morgan fingerprint density at radius 2 is 1.88 bits per heavy atom. The van der Waals surface area contributed by atoms with Gasteiger partial charge in [0.15, 0.2) is 0 Å². The highest BCUT2D eigenvalue weighted by Crippen LogP contribution is 2.24. The molecule has 24 heavy (non-hydrogen) atoms. The average Bonchev–Trinajstić information content (AvgIpc) is 3.03. The molecule has 5 nitrogen and oxygen atoms in total. The fourth-order valence-corrected chi connectivity index (χ4v) is 2.39. The maximum atomic E-state index is 5.89. The van der Waals surface area contributed by atoms with E-state index in [-0.39, 0.29) is 6.10 Å². The van der Waals surface area contributed by atoms with E-state index < -0.39 is 0 Å². The highest BCUT2D eigenvalue weighted by Gasteiger charge is 2.02. The molecule has 0 saturated heterocycles. The monoisotopic (exact) mass is 325 g/mol. The molecule has 0 aliphatic carbocycles. The maximum Gasteiger partial charge on any atom is 0.129 e. The van der Waals surface area contributed by atoms with Gasteiger partial charge in [0.2, 0.25) is 0 Å². The van der Waals surface area contributed by atoms with Gasteiger partial charge in [-0.2, -0.15) is 0 Å². The quantitative estimate of drug-likeness (QED) is 0.617. The zero-order valence-corrected chi connectivity index (χ0v) is 14.1. The zero-order valence-electron chi connectivity index (χ0n) is 14.1. The summed E-state index contributed by atoms with van der Waals surface area (Å²) < 4.78 is 11.4. The smallest absolute Gasteiger partial charge is 0.129 e. The summed E-state index contributed by atoms with van der Waals surface area (Å²) in [4.78, 5) is 7.29. The molecule has 0 aliphatic heterocycles. The van der Waals surface area contributed by atoms with Crippen molar-refractivity contribution in [3.05, 3.63) is 54.4 Å². The van der Waals surface area contributed by atoms with Gasteiger partial charge in [0, 0.05) is 19.2 Å². The number of H-pyrrole nitrogens is 1. The second kappa shape index (κ2) is 7.95. The molecule has 5 heteroatoms. The van der Waals surface area contributed by atoms with Crippen molar-refractivity contribution in [3.63, 3.8) is 0 Å². The number of hydrogen-bond acceptors (Lipinski definition) is 4. The fourth-order valence-electron chi connectivity index (χ4n) is 2.39. The summed E-state index contributed by atoms with van der Waals surface area (Å²) in [5, 5.41) is 3.37. The van der Waals surface area contributed by atoms with Crippen molar-refractivity contribution in [2.75, 3.05) is 13.2 Å². The molecule has 126 valence electrons. The highest BCUT2D eigenvalue weighted by atomic mass is 16.5. The average molecular weight is 325 g/mol. The Labute approximate surface area is 142 Å². The molecule has 0 amide bonds. The fraction of sp³-hybridized carbons (Fsp3) is 0.316. The second-order valence-electron chi connectivity index (χ2n) is 5.92. The van der Waals surface area contributed by atoms with E-state index in [1.54, 1.807) is 6.33 Å². The molecule has 0 aliphatic rings. The van der Waals surface area contributed by atoms with Gasteiger partial charge in [-0.05, 0) is 43.7 Å². The number of rotatable bonds is 8. The Bertz CT molecular complexity index is 766. The molecule has 1 aromatic heterocycles. The molecule has 0 unspecified atom stereocenters. The minimum absolute atomic E-state index is 0.282. The molecule has 3 rings (SSSR count). The lowest BCUT2D eigenvalue weighted by molar-refractivity contribution is 0.0807. The summed E-state index contributed by atoms with van der Waals surface area (Å²) in [5.41, 5.74) is 3.12. The van der Waals surface area contributed by atoms with Crippen LogP contribution < -0.4 is 10.1 Å². The number of benzene rings is 2. The van der Waals surface area contributed by atoms with Crippen LogP contribution in [0.3, 0.4) is 0 Å². The van der Waals surface area contributed by atoms with Crippen molar-refractivity contribution in [3.8, 4) is 11.5 Å². The van der Waals surface area contributed by atoms with Gasteiger partial charge in [0.1, 0.15) is 11.5 Å². The SMILES string of the molecule is CC(C)OCCNCc1ccc(Oc2ccc3nc[nH]c3c2)cc1. The first-order valence-electron chi connectivity index (χ1n) is 8.23. The van der Waals surface area contributed by atoms with Crippen LogP contribution in [0.5, 0.6) is 11.5 Å². The Morgan fingerprint density at radius 3 is 2.67 bits per heavy atom. The van der Waals surface area contributed by atoms with Gasteiger partial charge in [0.05, 0.1) is 30.1 Å². The Morgan fingerprint density at radius 1 is 1.08 bits per heavy atom. The third kappa shape index (κ3) is 4.57. The predicted octanol–water partition coefficient (Wildman–Crippen LogP) is 3.87. The molecule has 0 spiro atoms. The minimum atomic E-state index is 0.282. The number of imidazole rings is 1. The van der Waals surface area contributed by atoms with Crippen molar-refractivity contribution in [2.45, 2.75) is 26.5 Å². The molecule has 2 N–H and O–H groups in total. The molecular weight excluding hydrogens is 302 g/mol. The Kier molecular flexibility index (Phi) is 5.46. The van der Waals surface area contributed by atoms with E-state index in [0.717, 1.165) is 42.2 Å². The molecule has 2 aromatic carbocycles. The number of aromatic nitrogens is 2. The van der Waals surface area contributed by atoms with Gasteiger partial charge < -0.3 is 19.8 Å². The van der Waals surface area contributed by atoms with E-state index in [1.807, 2.05) is 44.2 Å². The van der Waals surface area contributed by atoms with Gasteiger partial charge in [-0.1, -0.05) is 12.1 Å². The van der Waals surface area contributed by atoms with Crippen molar-refractivity contribution in [2.24, 2.45) is 0 Å². The van der Waals surface area contributed by atoms with Crippen LogP contribution in [0.15, 0.2) is 48.8 Å². The summed E-state index contributed by atoms with van der Waals surface area (Å²) in [6.45, 7) is 6.49. The Hall–Kier alpha value is -2.37. The van der Waals surface area contributed by atoms with Crippen molar-refractivity contribution >= 4 is 11.0 Å². The summed E-state index contributed by atoms with van der Waals surface area (Å²) in [6, 6.07) is 13.9. The molecule has 3 aromatic rings. The van der Waals surface area contributed by atoms with Crippen LogP contribution in [0.1, 0.15) is 19.4 Å². The largest absolute Gasteiger partial charge is 0.457 e. The molecular formula is C19H23N3O2. The third-order valence-corrected chi connectivity index (χ3v) is 3.61. The number of nitrogens with one attached hydrogen (secondary N) is 2. The van der Waals surface area contributed by atoms with Crippen LogP contribution in [-0.2, 0) is 11.3 Å². The lowest BCUT2D eigenvalue weighted by Crippen LogP contribution is -2.20. The van der Waals surface area contributed by atoms with E-state index in [2.05, 4.69) is 27.4 Å². The Balaban J connectivity index is 1.50. The second-order valence-corrected chi connectivity index (χ2v) is 5.92. The topological polar surface area (TPSA) is 59.2 Å². The van der Waals surface area contributed by atoms with E-state index in [1.165, 1.54) is 5.56 Å². The minimum Gasteiger partial charge on any atom is -0.457 e. The number of aromatic amines is 1. The van der Waals surface area contributed by atoms with E-state index in [0.29, 0.717) is 0 Å². The van der Waals surface area contributed by atoms with Crippen LogP contribution >= 0.6 is 0 Å². The summed E-state index contributed by atoms with van der Waals surface area (Å²) >= 11 is 0. The predicted molar refractivity (Wildman–Crippen MR) is 95.4 cm³/mol. The van der Waals surface area contributed by atoms with Crippen molar-refractivity contribution in [1.82, 2.24) is 15.3 Å². The van der Waals surface area contributed by atoms with Crippen LogP contribution in [-0.4, -0.2) is 29.2 Å². The van der Waals surface area contributed by atoms with Gasteiger partial charge in [-0.25, -0.2) is 4.98 Å². The third-order valence-electron chi connectivity index (χ3n) is 3.61. The van der Waals surface area contributed by atoms with Gasteiger partial charge in [-0.3, -0.25) is 0 Å². The molecule has 0 fully saturated rings. The molecule has 0 bridgehead atoms. The number of fused-ring (bicyclic) bond motifs is 1. The van der Waals surface area contributed by atoms with E-state index >= 15 is 0 Å². The molecule has 0 saturated carbocycles. The zero-order chi connectivity index (χ0) is 16.8. The molecule has 0 atom stereocenters. The molecule has 0 radical (unpaired) electrons. The summed E-state index contributed by atoms with van der Waals surface area (Å²) in [5.74, 6) is 1.62. The maximum absolute atomic E-state index is 5.89. The first kappa shape index (κ1) is 16.5. The number of nitrogens with zero attached hydrogens (tertiary/aromatic N) is 1. The number of hydrogen-bond donors (Lipinski definition) is 2. The van der Waals surface area contributed by atoms with E-state index in [4.69, 9.17) is 9.47 Å².